The average molecular weight is 343 g/mol. The second-order valence-corrected chi connectivity index (χ2v) is 6.22. The Hall–Kier alpha value is -3.60. The van der Waals surface area contributed by atoms with Gasteiger partial charge in [-0.2, -0.15) is 0 Å². The fourth-order valence-electron chi connectivity index (χ4n) is 2.90. The van der Waals surface area contributed by atoms with Crippen molar-refractivity contribution in [1.82, 2.24) is 4.98 Å². The van der Waals surface area contributed by atoms with Crippen molar-refractivity contribution in [2.45, 2.75) is 6.92 Å². The van der Waals surface area contributed by atoms with Gasteiger partial charge in [-0.25, -0.2) is 0 Å². The minimum atomic E-state index is -0.213. The van der Waals surface area contributed by atoms with Gasteiger partial charge in [0.25, 0.3) is 11.8 Å². The van der Waals surface area contributed by atoms with Crippen molar-refractivity contribution in [2.24, 2.45) is 0 Å². The molecule has 5 heteroatoms. The monoisotopic (exact) mass is 343 g/mol. The third-order valence-corrected chi connectivity index (χ3v) is 4.30. The van der Waals surface area contributed by atoms with Crippen LogP contribution >= 0.6 is 0 Å². The van der Waals surface area contributed by atoms with Crippen LogP contribution in [0.5, 0.6) is 0 Å². The Balaban J connectivity index is 1.64. The van der Waals surface area contributed by atoms with E-state index in [9.17, 15) is 9.59 Å². The molecule has 4 rings (SSSR count). The van der Waals surface area contributed by atoms with E-state index in [0.717, 1.165) is 22.5 Å². The third-order valence-electron chi connectivity index (χ3n) is 4.30. The number of benzene rings is 2. The minimum Gasteiger partial charge on any atom is -0.362 e. The molecule has 1 aliphatic heterocycles. The number of rotatable bonds is 3. The van der Waals surface area contributed by atoms with Gasteiger partial charge in [0.2, 0.25) is 0 Å². The quantitative estimate of drug-likeness (QED) is 0.627. The van der Waals surface area contributed by atoms with E-state index >= 15 is 0 Å². The zero-order valence-electron chi connectivity index (χ0n) is 14.2. The number of anilines is 2. The molecular formula is C21H17N3O2. The molecule has 1 aliphatic rings. The van der Waals surface area contributed by atoms with Crippen molar-refractivity contribution in [2.75, 3.05) is 10.6 Å². The zero-order valence-corrected chi connectivity index (χ0v) is 14.2. The van der Waals surface area contributed by atoms with E-state index in [4.69, 9.17) is 0 Å². The zero-order chi connectivity index (χ0) is 18.1. The van der Waals surface area contributed by atoms with E-state index in [1.54, 1.807) is 30.5 Å². The topological polar surface area (TPSA) is 74.0 Å². The van der Waals surface area contributed by atoms with Crippen molar-refractivity contribution in [3.63, 3.8) is 0 Å². The highest BCUT2D eigenvalue weighted by Gasteiger charge is 2.25. The SMILES string of the molecule is Cc1ccc(NC(=O)c2ccc3c(c2)/C(=C/c2ccc[nH]2)C(=O)N3)cc1. The molecule has 2 heterocycles. The van der Waals surface area contributed by atoms with Crippen LogP contribution < -0.4 is 10.6 Å². The van der Waals surface area contributed by atoms with Gasteiger partial charge < -0.3 is 15.6 Å². The number of carbonyl (C=O) groups excluding carboxylic acids is 2. The van der Waals surface area contributed by atoms with E-state index in [1.165, 1.54) is 0 Å². The number of nitrogens with one attached hydrogen (secondary N) is 3. The Bertz CT molecular complexity index is 1020. The van der Waals surface area contributed by atoms with Crippen LogP contribution in [0, 0.1) is 6.92 Å². The van der Waals surface area contributed by atoms with Gasteiger partial charge in [0.15, 0.2) is 0 Å². The van der Waals surface area contributed by atoms with Gasteiger partial charge in [-0.05, 0) is 55.5 Å². The summed E-state index contributed by atoms with van der Waals surface area (Å²) in [6.45, 7) is 1.99. The lowest BCUT2D eigenvalue weighted by Gasteiger charge is -2.07. The Labute approximate surface area is 150 Å². The first kappa shape index (κ1) is 15.9. The molecule has 2 amide bonds. The van der Waals surface area contributed by atoms with Crippen LogP contribution in [0.15, 0.2) is 60.8 Å². The molecule has 0 saturated carbocycles. The Morgan fingerprint density at radius 1 is 1.08 bits per heavy atom. The average Bonchev–Trinajstić information content (AvgIpc) is 3.25. The van der Waals surface area contributed by atoms with E-state index in [0.29, 0.717) is 16.8 Å². The third kappa shape index (κ3) is 3.02. The van der Waals surface area contributed by atoms with E-state index in [-0.39, 0.29) is 11.8 Å². The van der Waals surface area contributed by atoms with Crippen molar-refractivity contribution in [3.8, 4) is 0 Å². The second-order valence-electron chi connectivity index (χ2n) is 6.22. The maximum absolute atomic E-state index is 12.6. The normalized spacial score (nSPS) is 14.2. The number of fused-ring (bicyclic) bond motifs is 1. The summed E-state index contributed by atoms with van der Waals surface area (Å²) in [6, 6.07) is 16.6. The number of aromatic nitrogens is 1. The molecule has 0 aliphatic carbocycles. The highest BCUT2D eigenvalue weighted by atomic mass is 16.2. The number of H-pyrrole nitrogens is 1. The van der Waals surface area contributed by atoms with Gasteiger partial charge in [-0.1, -0.05) is 17.7 Å². The van der Waals surface area contributed by atoms with Crippen LogP contribution in [0.3, 0.4) is 0 Å². The molecule has 0 saturated heterocycles. The van der Waals surface area contributed by atoms with Gasteiger partial charge >= 0.3 is 0 Å². The molecule has 0 spiro atoms. The standard InChI is InChI=1S/C21H17N3O2/c1-13-4-7-15(8-5-13)23-20(25)14-6-9-19-17(11-14)18(21(26)24-19)12-16-3-2-10-22-16/h2-12,22H,1H3,(H,23,25)(H,24,26)/b18-12-. The number of hydrogen-bond donors (Lipinski definition) is 3. The lowest BCUT2D eigenvalue weighted by Crippen LogP contribution is -2.12. The highest BCUT2D eigenvalue weighted by Crippen LogP contribution is 2.33. The van der Waals surface area contributed by atoms with Gasteiger partial charge in [-0.3, -0.25) is 9.59 Å². The fourth-order valence-corrected chi connectivity index (χ4v) is 2.90. The highest BCUT2D eigenvalue weighted by molar-refractivity contribution is 6.35. The predicted molar refractivity (Wildman–Crippen MR) is 103 cm³/mol. The van der Waals surface area contributed by atoms with Crippen molar-refractivity contribution in [3.05, 3.63) is 83.2 Å². The molecular weight excluding hydrogens is 326 g/mol. The number of aryl methyl sites for hydroxylation is 1. The van der Waals surface area contributed by atoms with Crippen LogP contribution in [0.2, 0.25) is 0 Å². The van der Waals surface area contributed by atoms with E-state index in [2.05, 4.69) is 15.6 Å². The number of aromatic amines is 1. The smallest absolute Gasteiger partial charge is 0.256 e. The van der Waals surface area contributed by atoms with Gasteiger partial charge in [0, 0.05) is 34.4 Å². The molecule has 0 unspecified atom stereocenters. The number of carbonyl (C=O) groups is 2. The summed E-state index contributed by atoms with van der Waals surface area (Å²) in [6.07, 6.45) is 3.58. The Morgan fingerprint density at radius 2 is 1.88 bits per heavy atom. The van der Waals surface area contributed by atoms with Crippen molar-refractivity contribution < 1.29 is 9.59 Å². The summed E-state index contributed by atoms with van der Waals surface area (Å²) < 4.78 is 0. The van der Waals surface area contributed by atoms with Gasteiger partial charge in [-0.15, -0.1) is 0 Å². The molecule has 0 bridgehead atoms. The second kappa shape index (κ2) is 6.37. The largest absolute Gasteiger partial charge is 0.362 e. The van der Waals surface area contributed by atoms with Crippen LogP contribution in [-0.2, 0) is 4.79 Å². The van der Waals surface area contributed by atoms with E-state index in [1.807, 2.05) is 43.3 Å². The summed E-state index contributed by atoms with van der Waals surface area (Å²) in [5.74, 6) is -0.388. The minimum absolute atomic E-state index is 0.175. The summed E-state index contributed by atoms with van der Waals surface area (Å²) in [4.78, 5) is 27.9. The van der Waals surface area contributed by atoms with Crippen LogP contribution in [-0.4, -0.2) is 16.8 Å². The molecule has 128 valence electrons. The molecule has 0 atom stereocenters. The van der Waals surface area contributed by atoms with Gasteiger partial charge in [0.1, 0.15) is 0 Å². The number of amides is 2. The van der Waals surface area contributed by atoms with E-state index < -0.39 is 0 Å². The molecule has 26 heavy (non-hydrogen) atoms. The molecule has 0 radical (unpaired) electrons. The van der Waals surface area contributed by atoms with Crippen molar-refractivity contribution >= 4 is 34.8 Å². The summed E-state index contributed by atoms with van der Waals surface area (Å²) in [5.41, 5.74) is 5.16. The molecule has 0 fully saturated rings. The lowest BCUT2D eigenvalue weighted by molar-refractivity contribution is -0.110. The maximum atomic E-state index is 12.6. The Kier molecular flexibility index (Phi) is 3.89. The maximum Gasteiger partial charge on any atom is 0.256 e. The summed E-state index contributed by atoms with van der Waals surface area (Å²) >= 11 is 0. The number of hydrogen-bond acceptors (Lipinski definition) is 2. The van der Waals surface area contributed by atoms with Crippen LogP contribution in [0.1, 0.15) is 27.2 Å². The lowest BCUT2D eigenvalue weighted by atomic mass is 10.0. The van der Waals surface area contributed by atoms with Crippen LogP contribution in [0.25, 0.3) is 11.6 Å². The summed E-state index contributed by atoms with van der Waals surface area (Å²) in [7, 11) is 0. The predicted octanol–water partition coefficient (Wildman–Crippen LogP) is 4.07. The molecule has 3 N–H and O–H groups in total. The van der Waals surface area contributed by atoms with Gasteiger partial charge in [0.05, 0.1) is 5.57 Å². The summed E-state index contributed by atoms with van der Waals surface area (Å²) in [5, 5.41) is 5.71. The van der Waals surface area contributed by atoms with Crippen LogP contribution in [0.4, 0.5) is 11.4 Å². The molecule has 1 aromatic heterocycles. The Morgan fingerprint density at radius 3 is 2.62 bits per heavy atom. The van der Waals surface area contributed by atoms with Crippen molar-refractivity contribution in [1.29, 1.82) is 0 Å². The molecule has 2 aromatic carbocycles. The molecule has 3 aromatic rings. The first-order valence-electron chi connectivity index (χ1n) is 8.29. The molecule has 5 nitrogen and oxygen atoms in total. The fraction of sp³-hybridized carbons (Fsp3) is 0.0476. The first-order chi connectivity index (χ1) is 12.6. The first-order valence-corrected chi connectivity index (χ1v) is 8.29.